The van der Waals surface area contributed by atoms with E-state index in [4.69, 9.17) is 5.73 Å². The smallest absolute Gasteiger partial charge is 0.0273 e. The third kappa shape index (κ3) is 3.96. The van der Waals surface area contributed by atoms with Crippen LogP contribution in [-0.2, 0) is 0 Å². The molecule has 0 aromatic carbocycles. The lowest BCUT2D eigenvalue weighted by Gasteiger charge is -1.91. The van der Waals surface area contributed by atoms with Crippen LogP contribution in [0, 0.1) is 0 Å². The maximum atomic E-state index is 5.55. The van der Waals surface area contributed by atoms with Crippen LogP contribution in [0.25, 0.3) is 0 Å². The molecule has 0 heterocycles. The first-order valence-electron chi connectivity index (χ1n) is 3.43. The number of allylic oxidation sites excluding steroid dienone is 5. The molecule has 0 spiro atoms. The number of hydrogen-bond donors (Lipinski definition) is 1. The fourth-order valence-electron chi connectivity index (χ4n) is 0.657. The molecule has 0 unspecified atom stereocenters. The second-order valence-corrected chi connectivity index (χ2v) is 2.18. The summed E-state index contributed by atoms with van der Waals surface area (Å²) in [5.41, 5.74) is 7.55. The molecule has 0 amide bonds. The number of rotatable bonds is 2. The van der Waals surface area contributed by atoms with E-state index in [9.17, 15) is 0 Å². The van der Waals surface area contributed by atoms with E-state index < -0.39 is 0 Å². The van der Waals surface area contributed by atoms with E-state index in [0.29, 0.717) is 0 Å². The molecule has 0 fully saturated rings. The van der Waals surface area contributed by atoms with Gasteiger partial charge in [0, 0.05) is 5.70 Å². The van der Waals surface area contributed by atoms with Crippen molar-refractivity contribution in [3.8, 4) is 0 Å². The molecule has 1 heteroatoms. The van der Waals surface area contributed by atoms with Gasteiger partial charge in [0.05, 0.1) is 0 Å². The Morgan fingerprint density at radius 3 is 2.30 bits per heavy atom. The van der Waals surface area contributed by atoms with Crippen molar-refractivity contribution in [2.75, 3.05) is 0 Å². The Morgan fingerprint density at radius 1 is 1.30 bits per heavy atom. The number of hydrogen-bond acceptors (Lipinski definition) is 1. The topological polar surface area (TPSA) is 26.0 Å². The molecule has 10 heavy (non-hydrogen) atoms. The lowest BCUT2D eigenvalue weighted by atomic mass is 10.2. The molecule has 0 aliphatic heterocycles. The van der Waals surface area contributed by atoms with Gasteiger partial charge in [-0.25, -0.2) is 0 Å². The van der Waals surface area contributed by atoms with Gasteiger partial charge in [-0.1, -0.05) is 18.2 Å². The predicted octanol–water partition coefficient (Wildman–Crippen LogP) is 2.37. The second kappa shape index (κ2) is 4.86. The zero-order valence-corrected chi connectivity index (χ0v) is 6.89. The number of nitrogens with two attached hydrogens (primary N) is 1. The molecule has 0 aromatic rings. The van der Waals surface area contributed by atoms with Crippen LogP contribution < -0.4 is 5.73 Å². The minimum absolute atomic E-state index is 0.815. The van der Waals surface area contributed by atoms with Gasteiger partial charge in [-0.3, -0.25) is 0 Å². The summed E-state index contributed by atoms with van der Waals surface area (Å²) in [5.74, 6) is 0. The van der Waals surface area contributed by atoms with Gasteiger partial charge in [0.15, 0.2) is 0 Å². The van der Waals surface area contributed by atoms with Gasteiger partial charge in [-0.15, -0.1) is 0 Å². The van der Waals surface area contributed by atoms with Gasteiger partial charge in [-0.2, -0.15) is 0 Å². The Hall–Kier alpha value is -0.980. The van der Waals surface area contributed by atoms with Crippen LogP contribution in [0.1, 0.15) is 20.8 Å². The molecule has 0 saturated carbocycles. The van der Waals surface area contributed by atoms with Crippen molar-refractivity contribution < 1.29 is 0 Å². The van der Waals surface area contributed by atoms with Crippen molar-refractivity contribution in [2.24, 2.45) is 5.73 Å². The molecular weight excluding hydrogens is 122 g/mol. The molecule has 56 valence electrons. The fraction of sp³-hybridized carbons (Fsp3) is 0.333. The van der Waals surface area contributed by atoms with Crippen LogP contribution in [0.5, 0.6) is 0 Å². The van der Waals surface area contributed by atoms with E-state index in [1.807, 2.05) is 45.1 Å². The minimum Gasteiger partial charge on any atom is -0.399 e. The lowest BCUT2D eigenvalue weighted by molar-refractivity contribution is 1.35. The molecule has 0 aromatic heterocycles. The molecule has 0 atom stereocenters. The zero-order valence-electron chi connectivity index (χ0n) is 6.89. The van der Waals surface area contributed by atoms with Crippen molar-refractivity contribution in [3.63, 3.8) is 0 Å². The summed E-state index contributed by atoms with van der Waals surface area (Å²) in [6.45, 7) is 5.94. The van der Waals surface area contributed by atoms with Crippen LogP contribution >= 0.6 is 0 Å². The molecule has 0 saturated heterocycles. The average Bonchev–Trinajstić information content (AvgIpc) is 1.88. The molecule has 1 nitrogen and oxygen atoms in total. The molecule has 2 N–H and O–H groups in total. The van der Waals surface area contributed by atoms with Gasteiger partial charge in [0.25, 0.3) is 0 Å². The van der Waals surface area contributed by atoms with Gasteiger partial charge >= 0.3 is 0 Å². The summed E-state index contributed by atoms with van der Waals surface area (Å²) in [4.78, 5) is 0. The van der Waals surface area contributed by atoms with Crippen LogP contribution in [-0.4, -0.2) is 0 Å². The standard InChI is InChI=1S/C9H15N/c1-4-6-8(3)7-9(10)5-2/h4-7H,10H2,1-3H3/b6-4-,8-7-,9-5+. The monoisotopic (exact) mass is 137 g/mol. The maximum absolute atomic E-state index is 5.55. The average molecular weight is 137 g/mol. The van der Waals surface area contributed by atoms with E-state index in [1.54, 1.807) is 0 Å². The van der Waals surface area contributed by atoms with Gasteiger partial charge in [0.2, 0.25) is 0 Å². The van der Waals surface area contributed by atoms with Gasteiger partial charge in [-0.05, 0) is 32.4 Å². The molecule has 0 aliphatic rings. The first kappa shape index (κ1) is 9.02. The molecule has 0 radical (unpaired) electrons. The van der Waals surface area contributed by atoms with E-state index >= 15 is 0 Å². The Balaban J connectivity index is 4.16. The molecule has 0 bridgehead atoms. The Labute approximate surface area is 62.9 Å². The lowest BCUT2D eigenvalue weighted by Crippen LogP contribution is -1.91. The summed E-state index contributed by atoms with van der Waals surface area (Å²) in [7, 11) is 0. The SMILES string of the molecule is C\C=C/C(C)=C\C(N)=C/C. The Morgan fingerprint density at radius 2 is 1.90 bits per heavy atom. The van der Waals surface area contributed by atoms with Crippen molar-refractivity contribution in [3.05, 3.63) is 35.6 Å². The van der Waals surface area contributed by atoms with Crippen LogP contribution in [0.4, 0.5) is 0 Å². The summed E-state index contributed by atoms with van der Waals surface area (Å²) in [5, 5.41) is 0. The highest BCUT2D eigenvalue weighted by Crippen LogP contribution is 1.97. The molecular formula is C9H15N. The van der Waals surface area contributed by atoms with Crippen molar-refractivity contribution in [1.82, 2.24) is 0 Å². The van der Waals surface area contributed by atoms with Crippen molar-refractivity contribution in [1.29, 1.82) is 0 Å². The summed E-state index contributed by atoms with van der Waals surface area (Å²) in [6.07, 6.45) is 7.85. The van der Waals surface area contributed by atoms with Gasteiger partial charge in [0.1, 0.15) is 0 Å². The second-order valence-electron chi connectivity index (χ2n) is 2.18. The molecule has 0 aliphatic carbocycles. The van der Waals surface area contributed by atoms with E-state index in [-0.39, 0.29) is 0 Å². The third-order valence-electron chi connectivity index (χ3n) is 1.16. The van der Waals surface area contributed by atoms with E-state index in [1.165, 1.54) is 5.57 Å². The highest BCUT2D eigenvalue weighted by Gasteiger charge is 1.81. The van der Waals surface area contributed by atoms with Crippen LogP contribution in [0.2, 0.25) is 0 Å². The van der Waals surface area contributed by atoms with Crippen LogP contribution in [0.3, 0.4) is 0 Å². The quantitative estimate of drug-likeness (QED) is 0.581. The predicted molar refractivity (Wildman–Crippen MR) is 46.5 cm³/mol. The summed E-state index contributed by atoms with van der Waals surface area (Å²) >= 11 is 0. The van der Waals surface area contributed by atoms with E-state index in [0.717, 1.165) is 5.70 Å². The Bertz CT molecular complexity index is 173. The zero-order chi connectivity index (χ0) is 7.98. The summed E-state index contributed by atoms with van der Waals surface area (Å²) < 4.78 is 0. The highest BCUT2D eigenvalue weighted by atomic mass is 14.5. The largest absolute Gasteiger partial charge is 0.399 e. The Kier molecular flexibility index (Phi) is 4.38. The first-order valence-corrected chi connectivity index (χ1v) is 3.43. The normalized spacial score (nSPS) is 14.7. The molecule has 0 rings (SSSR count). The highest BCUT2D eigenvalue weighted by molar-refractivity contribution is 5.25. The van der Waals surface area contributed by atoms with Crippen molar-refractivity contribution >= 4 is 0 Å². The third-order valence-corrected chi connectivity index (χ3v) is 1.16. The van der Waals surface area contributed by atoms with Gasteiger partial charge < -0.3 is 5.73 Å². The maximum Gasteiger partial charge on any atom is 0.0273 e. The first-order chi connectivity index (χ1) is 4.70. The van der Waals surface area contributed by atoms with Crippen LogP contribution in [0.15, 0.2) is 35.6 Å². The summed E-state index contributed by atoms with van der Waals surface area (Å²) in [6, 6.07) is 0. The van der Waals surface area contributed by atoms with E-state index in [2.05, 4.69) is 0 Å². The van der Waals surface area contributed by atoms with Crippen molar-refractivity contribution in [2.45, 2.75) is 20.8 Å². The fourth-order valence-corrected chi connectivity index (χ4v) is 0.657. The minimum atomic E-state index is 0.815.